The standard InChI is InChI=1S/C21H18BrFN6S/c22-19-14-29(12-16-6-8-17(23)9-7-16)27-20(19)26-21(30)25-18-10-24-28(13-18)11-15-4-2-1-3-5-15/h1-10,13-14H,11-12H2,(H2,25,26,27,30). The van der Waals surface area contributed by atoms with Gasteiger partial charge in [0, 0.05) is 12.4 Å². The molecule has 6 nitrogen and oxygen atoms in total. The molecule has 0 atom stereocenters. The fraction of sp³-hybridized carbons (Fsp3) is 0.0952. The van der Waals surface area contributed by atoms with Crippen molar-refractivity contribution >= 4 is 44.8 Å². The van der Waals surface area contributed by atoms with Gasteiger partial charge in [-0.05, 0) is 51.4 Å². The Hall–Kier alpha value is -3.04. The van der Waals surface area contributed by atoms with Crippen molar-refractivity contribution in [3.05, 3.63) is 94.6 Å². The number of thiocarbonyl (C=S) groups is 1. The molecule has 2 N–H and O–H groups in total. The van der Waals surface area contributed by atoms with Gasteiger partial charge in [-0.25, -0.2) is 4.39 Å². The van der Waals surface area contributed by atoms with E-state index >= 15 is 0 Å². The van der Waals surface area contributed by atoms with Gasteiger partial charge in [0.15, 0.2) is 10.9 Å². The minimum absolute atomic E-state index is 0.258. The maximum Gasteiger partial charge on any atom is 0.176 e. The van der Waals surface area contributed by atoms with E-state index in [2.05, 4.69) is 48.9 Å². The first-order valence-electron chi connectivity index (χ1n) is 9.17. The molecule has 30 heavy (non-hydrogen) atoms. The first-order valence-corrected chi connectivity index (χ1v) is 10.4. The maximum absolute atomic E-state index is 13.1. The van der Waals surface area contributed by atoms with Gasteiger partial charge in [-0.3, -0.25) is 9.36 Å². The molecule has 0 radical (unpaired) electrons. The zero-order chi connectivity index (χ0) is 20.9. The molecule has 0 unspecified atom stereocenters. The summed E-state index contributed by atoms with van der Waals surface area (Å²) in [5.74, 6) is 0.331. The minimum Gasteiger partial charge on any atom is -0.330 e. The summed E-state index contributed by atoms with van der Waals surface area (Å²) in [5, 5.41) is 15.4. The van der Waals surface area contributed by atoms with Crippen LogP contribution >= 0.6 is 28.1 Å². The van der Waals surface area contributed by atoms with Crippen LogP contribution in [0.5, 0.6) is 0 Å². The van der Waals surface area contributed by atoms with Crippen molar-refractivity contribution in [3.8, 4) is 0 Å². The molecule has 0 amide bonds. The number of hydrogen-bond donors (Lipinski definition) is 2. The van der Waals surface area contributed by atoms with E-state index in [0.29, 0.717) is 24.0 Å². The summed E-state index contributed by atoms with van der Waals surface area (Å²) in [4.78, 5) is 0. The molecule has 2 aromatic carbocycles. The highest BCUT2D eigenvalue weighted by atomic mass is 79.9. The van der Waals surface area contributed by atoms with E-state index in [0.717, 1.165) is 15.7 Å². The molecule has 0 saturated heterocycles. The van der Waals surface area contributed by atoms with E-state index in [1.165, 1.54) is 17.7 Å². The van der Waals surface area contributed by atoms with Crippen LogP contribution in [0.25, 0.3) is 0 Å². The largest absolute Gasteiger partial charge is 0.330 e. The highest BCUT2D eigenvalue weighted by Gasteiger charge is 2.10. The van der Waals surface area contributed by atoms with Crippen molar-refractivity contribution in [1.29, 1.82) is 0 Å². The molecule has 2 aromatic heterocycles. The molecule has 9 heteroatoms. The Bertz CT molecular complexity index is 1140. The summed E-state index contributed by atoms with van der Waals surface area (Å²) in [7, 11) is 0. The van der Waals surface area contributed by atoms with Gasteiger partial charge >= 0.3 is 0 Å². The first-order chi connectivity index (χ1) is 14.5. The molecule has 4 rings (SSSR count). The second-order valence-corrected chi connectivity index (χ2v) is 7.90. The third-order valence-electron chi connectivity index (χ3n) is 4.29. The molecule has 0 spiro atoms. The monoisotopic (exact) mass is 484 g/mol. The number of nitrogens with zero attached hydrogens (tertiary/aromatic N) is 4. The van der Waals surface area contributed by atoms with Crippen LogP contribution in [0, 0.1) is 5.82 Å². The molecule has 0 saturated carbocycles. The lowest BCUT2D eigenvalue weighted by atomic mass is 10.2. The highest BCUT2D eigenvalue weighted by Crippen LogP contribution is 2.21. The smallest absolute Gasteiger partial charge is 0.176 e. The molecule has 0 bridgehead atoms. The van der Waals surface area contributed by atoms with Crippen molar-refractivity contribution in [2.45, 2.75) is 13.1 Å². The minimum atomic E-state index is -0.258. The van der Waals surface area contributed by atoms with Crippen LogP contribution in [0.1, 0.15) is 11.1 Å². The van der Waals surface area contributed by atoms with E-state index in [4.69, 9.17) is 12.2 Å². The van der Waals surface area contributed by atoms with Gasteiger partial charge in [-0.1, -0.05) is 42.5 Å². The summed E-state index contributed by atoms with van der Waals surface area (Å²) < 4.78 is 17.4. The Morgan fingerprint density at radius 3 is 2.40 bits per heavy atom. The van der Waals surface area contributed by atoms with Crippen LogP contribution < -0.4 is 10.6 Å². The van der Waals surface area contributed by atoms with E-state index in [1.807, 2.05) is 35.3 Å². The molecule has 0 fully saturated rings. The Kier molecular flexibility index (Phi) is 6.20. The second-order valence-electron chi connectivity index (χ2n) is 6.64. The van der Waals surface area contributed by atoms with Crippen molar-refractivity contribution in [3.63, 3.8) is 0 Å². The number of halogens is 2. The third-order valence-corrected chi connectivity index (χ3v) is 5.07. The predicted molar refractivity (Wildman–Crippen MR) is 123 cm³/mol. The SMILES string of the molecule is Fc1ccc(Cn2cc(Br)c(NC(=S)Nc3cnn(Cc4ccccc4)c3)n2)cc1. The van der Waals surface area contributed by atoms with Crippen molar-refractivity contribution in [2.75, 3.05) is 10.6 Å². The van der Waals surface area contributed by atoms with Gasteiger partial charge in [0.1, 0.15) is 5.82 Å². The van der Waals surface area contributed by atoms with Crippen LogP contribution in [0.3, 0.4) is 0 Å². The Morgan fingerprint density at radius 2 is 1.63 bits per heavy atom. The van der Waals surface area contributed by atoms with Crippen molar-refractivity contribution < 1.29 is 4.39 Å². The van der Waals surface area contributed by atoms with E-state index in [9.17, 15) is 4.39 Å². The Morgan fingerprint density at radius 1 is 0.933 bits per heavy atom. The molecule has 2 heterocycles. The van der Waals surface area contributed by atoms with Gasteiger partial charge in [0.2, 0.25) is 0 Å². The number of benzene rings is 2. The number of hydrogen-bond acceptors (Lipinski definition) is 3. The van der Waals surface area contributed by atoms with Crippen LogP contribution in [0.4, 0.5) is 15.9 Å². The normalized spacial score (nSPS) is 10.7. The average molecular weight is 485 g/mol. The summed E-state index contributed by atoms with van der Waals surface area (Å²) >= 11 is 8.89. The van der Waals surface area contributed by atoms with Gasteiger partial charge in [-0.2, -0.15) is 10.2 Å². The first kappa shape index (κ1) is 20.2. The fourth-order valence-corrected chi connectivity index (χ4v) is 3.52. The molecule has 152 valence electrons. The fourth-order valence-electron chi connectivity index (χ4n) is 2.89. The Labute approximate surface area is 186 Å². The quantitative estimate of drug-likeness (QED) is 0.381. The van der Waals surface area contributed by atoms with Gasteiger partial charge in [0.25, 0.3) is 0 Å². The topological polar surface area (TPSA) is 59.7 Å². The zero-order valence-electron chi connectivity index (χ0n) is 15.8. The molecule has 4 aromatic rings. The summed E-state index contributed by atoms with van der Waals surface area (Å²) in [6, 6.07) is 16.4. The summed E-state index contributed by atoms with van der Waals surface area (Å²) in [6.07, 6.45) is 5.45. The van der Waals surface area contributed by atoms with Gasteiger partial charge < -0.3 is 10.6 Å². The van der Waals surface area contributed by atoms with Crippen molar-refractivity contribution in [2.24, 2.45) is 0 Å². The zero-order valence-corrected chi connectivity index (χ0v) is 18.2. The Balaban J connectivity index is 1.35. The number of anilines is 2. The number of nitrogens with one attached hydrogen (secondary N) is 2. The molecular weight excluding hydrogens is 467 g/mol. The van der Waals surface area contributed by atoms with E-state index in [-0.39, 0.29) is 5.82 Å². The maximum atomic E-state index is 13.1. The molecule has 0 aliphatic heterocycles. The van der Waals surface area contributed by atoms with Crippen LogP contribution in [0.15, 0.2) is 77.7 Å². The van der Waals surface area contributed by atoms with E-state index in [1.54, 1.807) is 23.0 Å². The van der Waals surface area contributed by atoms with Crippen LogP contribution in [-0.2, 0) is 13.1 Å². The van der Waals surface area contributed by atoms with Crippen molar-refractivity contribution in [1.82, 2.24) is 19.6 Å². The summed E-state index contributed by atoms with van der Waals surface area (Å²) in [6.45, 7) is 1.20. The molecular formula is C21H18BrFN6S. The summed E-state index contributed by atoms with van der Waals surface area (Å²) in [5.41, 5.74) is 2.90. The molecule has 0 aliphatic carbocycles. The predicted octanol–water partition coefficient (Wildman–Crippen LogP) is 4.89. The van der Waals surface area contributed by atoms with Gasteiger partial charge in [0.05, 0.1) is 29.4 Å². The lowest BCUT2D eigenvalue weighted by Crippen LogP contribution is -2.19. The van der Waals surface area contributed by atoms with Crippen LogP contribution in [-0.4, -0.2) is 24.7 Å². The van der Waals surface area contributed by atoms with E-state index < -0.39 is 0 Å². The van der Waals surface area contributed by atoms with Crippen LogP contribution in [0.2, 0.25) is 0 Å². The molecule has 0 aliphatic rings. The lowest BCUT2D eigenvalue weighted by molar-refractivity contribution is 0.624. The van der Waals surface area contributed by atoms with Gasteiger partial charge in [-0.15, -0.1) is 0 Å². The highest BCUT2D eigenvalue weighted by molar-refractivity contribution is 9.10. The second kappa shape index (κ2) is 9.19. The third kappa shape index (κ3) is 5.31. The number of rotatable bonds is 6. The number of aromatic nitrogens is 4. The lowest BCUT2D eigenvalue weighted by Gasteiger charge is -2.07. The average Bonchev–Trinajstić information content (AvgIpc) is 3.30.